The molecule has 0 radical (unpaired) electrons. The second-order valence-electron chi connectivity index (χ2n) is 6.73. The standard InChI is InChI=1S/C17H26N6O/c1-12(2)23-14(4)16(13(3)20-23)19-17(24)22-10-5-7-15(22)11-21-9-6-8-18-21/h6,8-9,12,15H,5,7,10-11H2,1-4H3,(H,19,24)/t15-/m0/s1. The van der Waals surface area contributed by atoms with Crippen LogP contribution in [0.4, 0.5) is 10.5 Å². The summed E-state index contributed by atoms with van der Waals surface area (Å²) in [5.41, 5.74) is 2.69. The molecule has 0 saturated carbocycles. The summed E-state index contributed by atoms with van der Waals surface area (Å²) in [6.07, 6.45) is 5.75. The normalized spacial score (nSPS) is 17.7. The first-order valence-electron chi connectivity index (χ1n) is 8.58. The summed E-state index contributed by atoms with van der Waals surface area (Å²) >= 11 is 0. The molecule has 2 aromatic heterocycles. The van der Waals surface area contributed by atoms with Crippen molar-refractivity contribution in [3.63, 3.8) is 0 Å². The minimum atomic E-state index is -0.0424. The number of carbonyl (C=O) groups excluding carboxylic acids is 1. The molecule has 2 amide bonds. The SMILES string of the molecule is Cc1nn(C(C)C)c(C)c1NC(=O)N1CCC[C@H]1Cn1cccn1. The van der Waals surface area contributed by atoms with Crippen LogP contribution in [0.25, 0.3) is 0 Å². The molecule has 7 heteroatoms. The Morgan fingerprint density at radius 1 is 1.42 bits per heavy atom. The van der Waals surface area contributed by atoms with Crippen LogP contribution >= 0.6 is 0 Å². The van der Waals surface area contributed by atoms with Gasteiger partial charge in [-0.05, 0) is 46.6 Å². The van der Waals surface area contributed by atoms with Crippen molar-refractivity contribution in [3.8, 4) is 0 Å². The van der Waals surface area contributed by atoms with Crippen LogP contribution in [0.5, 0.6) is 0 Å². The summed E-state index contributed by atoms with van der Waals surface area (Å²) in [6, 6.07) is 2.32. The van der Waals surface area contributed by atoms with E-state index in [-0.39, 0.29) is 18.1 Å². The van der Waals surface area contributed by atoms with Crippen LogP contribution < -0.4 is 5.32 Å². The first-order chi connectivity index (χ1) is 11.5. The van der Waals surface area contributed by atoms with Gasteiger partial charge in [-0.15, -0.1) is 0 Å². The fraction of sp³-hybridized carbons (Fsp3) is 0.588. The molecule has 3 heterocycles. The number of likely N-dealkylation sites (tertiary alicyclic amines) is 1. The fourth-order valence-corrected chi connectivity index (χ4v) is 3.44. The fourth-order valence-electron chi connectivity index (χ4n) is 3.44. The summed E-state index contributed by atoms with van der Waals surface area (Å²) in [7, 11) is 0. The van der Waals surface area contributed by atoms with Crippen LogP contribution in [0.1, 0.15) is 44.1 Å². The zero-order chi connectivity index (χ0) is 17.3. The smallest absolute Gasteiger partial charge is 0.320 e. The van der Waals surface area contributed by atoms with Crippen LogP contribution in [0.2, 0.25) is 0 Å². The average Bonchev–Trinajstić information content (AvgIpc) is 3.25. The summed E-state index contributed by atoms with van der Waals surface area (Å²) < 4.78 is 3.85. The molecule has 7 nitrogen and oxygen atoms in total. The van der Waals surface area contributed by atoms with Gasteiger partial charge in [-0.25, -0.2) is 4.79 Å². The Balaban J connectivity index is 1.72. The van der Waals surface area contributed by atoms with E-state index in [1.807, 2.05) is 40.4 Å². The van der Waals surface area contributed by atoms with Gasteiger partial charge < -0.3 is 10.2 Å². The number of anilines is 1. The van der Waals surface area contributed by atoms with E-state index in [1.54, 1.807) is 6.20 Å². The second-order valence-corrected chi connectivity index (χ2v) is 6.73. The topological polar surface area (TPSA) is 68.0 Å². The van der Waals surface area contributed by atoms with E-state index in [2.05, 4.69) is 29.4 Å². The van der Waals surface area contributed by atoms with Crippen molar-refractivity contribution in [2.75, 3.05) is 11.9 Å². The van der Waals surface area contributed by atoms with Crippen molar-refractivity contribution in [3.05, 3.63) is 29.8 Å². The third kappa shape index (κ3) is 3.16. The van der Waals surface area contributed by atoms with E-state index in [1.165, 1.54) is 0 Å². The Hall–Kier alpha value is -2.31. The first kappa shape index (κ1) is 16.5. The molecule has 0 aromatic carbocycles. The van der Waals surface area contributed by atoms with Crippen molar-refractivity contribution >= 4 is 11.7 Å². The van der Waals surface area contributed by atoms with E-state index in [4.69, 9.17) is 0 Å². The number of nitrogens with zero attached hydrogens (tertiary/aromatic N) is 5. The molecular weight excluding hydrogens is 304 g/mol. The molecule has 0 aliphatic carbocycles. The van der Waals surface area contributed by atoms with Crippen LogP contribution in [-0.2, 0) is 6.54 Å². The highest BCUT2D eigenvalue weighted by atomic mass is 16.2. The zero-order valence-electron chi connectivity index (χ0n) is 14.9. The number of amides is 2. The highest BCUT2D eigenvalue weighted by molar-refractivity contribution is 5.91. The highest BCUT2D eigenvalue weighted by Crippen LogP contribution is 2.25. The van der Waals surface area contributed by atoms with Gasteiger partial charge in [0.2, 0.25) is 0 Å². The van der Waals surface area contributed by atoms with E-state index >= 15 is 0 Å². The van der Waals surface area contributed by atoms with Gasteiger partial charge in [-0.3, -0.25) is 9.36 Å². The summed E-state index contributed by atoms with van der Waals surface area (Å²) in [6.45, 7) is 9.64. The number of aromatic nitrogens is 4. The molecule has 2 aromatic rings. The Kier molecular flexibility index (Phi) is 4.59. The van der Waals surface area contributed by atoms with Gasteiger partial charge in [-0.1, -0.05) is 0 Å². The minimum Gasteiger partial charge on any atom is -0.320 e. The second kappa shape index (κ2) is 6.67. The number of aryl methyl sites for hydroxylation is 1. The summed E-state index contributed by atoms with van der Waals surface area (Å²) in [5, 5.41) is 11.9. The van der Waals surface area contributed by atoms with E-state index in [0.717, 1.165) is 43.0 Å². The first-order valence-corrected chi connectivity index (χ1v) is 8.58. The van der Waals surface area contributed by atoms with Crippen LogP contribution in [0.3, 0.4) is 0 Å². The predicted molar refractivity (Wildman–Crippen MR) is 93.1 cm³/mol. The van der Waals surface area contributed by atoms with Crippen molar-refractivity contribution < 1.29 is 4.79 Å². The summed E-state index contributed by atoms with van der Waals surface area (Å²) in [5.74, 6) is 0. The van der Waals surface area contributed by atoms with Gasteiger partial charge in [0, 0.05) is 25.0 Å². The largest absolute Gasteiger partial charge is 0.322 e. The quantitative estimate of drug-likeness (QED) is 0.937. The van der Waals surface area contributed by atoms with Crippen molar-refractivity contribution in [2.24, 2.45) is 0 Å². The summed E-state index contributed by atoms with van der Waals surface area (Å²) in [4.78, 5) is 14.7. The molecule has 3 rings (SSSR count). The molecule has 1 N–H and O–H groups in total. The third-order valence-corrected chi connectivity index (χ3v) is 4.64. The molecule has 1 aliphatic heterocycles. The lowest BCUT2D eigenvalue weighted by molar-refractivity contribution is 0.199. The van der Waals surface area contributed by atoms with Gasteiger partial charge >= 0.3 is 6.03 Å². The number of carbonyl (C=O) groups is 1. The highest BCUT2D eigenvalue weighted by Gasteiger charge is 2.30. The molecular formula is C17H26N6O. The lowest BCUT2D eigenvalue weighted by Crippen LogP contribution is -2.41. The maximum Gasteiger partial charge on any atom is 0.322 e. The maximum absolute atomic E-state index is 12.8. The molecule has 0 spiro atoms. The molecule has 24 heavy (non-hydrogen) atoms. The van der Waals surface area contributed by atoms with Gasteiger partial charge in [0.15, 0.2) is 0 Å². The number of rotatable bonds is 4. The van der Waals surface area contributed by atoms with Gasteiger partial charge in [0.05, 0.1) is 29.7 Å². The molecule has 1 fully saturated rings. The lowest BCUT2D eigenvalue weighted by atomic mass is 10.2. The van der Waals surface area contributed by atoms with Crippen molar-refractivity contribution in [1.29, 1.82) is 0 Å². The average molecular weight is 330 g/mol. The van der Waals surface area contributed by atoms with Gasteiger partial charge in [-0.2, -0.15) is 10.2 Å². The molecule has 0 bridgehead atoms. The van der Waals surface area contributed by atoms with Crippen molar-refractivity contribution in [2.45, 2.75) is 59.2 Å². The zero-order valence-corrected chi connectivity index (χ0v) is 14.9. The third-order valence-electron chi connectivity index (χ3n) is 4.64. The number of urea groups is 1. The lowest BCUT2D eigenvalue weighted by Gasteiger charge is -2.25. The van der Waals surface area contributed by atoms with Crippen molar-refractivity contribution in [1.82, 2.24) is 24.5 Å². The molecule has 1 aliphatic rings. The monoisotopic (exact) mass is 330 g/mol. The van der Waals surface area contributed by atoms with Gasteiger partial charge in [0.1, 0.15) is 0 Å². The molecule has 0 unspecified atom stereocenters. The maximum atomic E-state index is 12.8. The molecule has 1 atom stereocenters. The van der Waals surface area contributed by atoms with E-state index in [9.17, 15) is 4.79 Å². The Labute approximate surface area is 142 Å². The molecule has 130 valence electrons. The number of hydrogen-bond acceptors (Lipinski definition) is 3. The molecule has 1 saturated heterocycles. The van der Waals surface area contributed by atoms with Crippen LogP contribution in [0, 0.1) is 13.8 Å². The van der Waals surface area contributed by atoms with E-state index < -0.39 is 0 Å². The number of nitrogens with one attached hydrogen (secondary N) is 1. The Morgan fingerprint density at radius 3 is 2.83 bits per heavy atom. The Morgan fingerprint density at radius 2 is 2.21 bits per heavy atom. The number of hydrogen-bond donors (Lipinski definition) is 1. The minimum absolute atomic E-state index is 0.0424. The van der Waals surface area contributed by atoms with Crippen LogP contribution in [0.15, 0.2) is 18.5 Å². The van der Waals surface area contributed by atoms with Gasteiger partial charge in [0.25, 0.3) is 0 Å². The predicted octanol–water partition coefficient (Wildman–Crippen LogP) is 2.97. The Bertz CT molecular complexity index is 703. The van der Waals surface area contributed by atoms with E-state index in [0.29, 0.717) is 0 Å². The van der Waals surface area contributed by atoms with Crippen LogP contribution in [-0.4, -0.2) is 43.1 Å².